The Bertz CT molecular complexity index is 1200. The molecule has 1 aliphatic carbocycles. The van der Waals surface area contributed by atoms with Crippen LogP contribution in [0.25, 0.3) is 10.2 Å². The summed E-state index contributed by atoms with van der Waals surface area (Å²) in [4.78, 5) is 35.3. The van der Waals surface area contributed by atoms with Gasteiger partial charge in [0.1, 0.15) is 10.7 Å². The average Bonchev–Trinajstić information content (AvgIpc) is 3.07. The largest absolute Gasteiger partial charge is 0.368 e. The number of allylic oxidation sites excluding steroid dienone is 1. The third-order valence-electron chi connectivity index (χ3n) is 5.40. The van der Waals surface area contributed by atoms with Crippen molar-refractivity contribution >= 4 is 45.2 Å². The van der Waals surface area contributed by atoms with E-state index in [0.717, 1.165) is 29.5 Å². The summed E-state index contributed by atoms with van der Waals surface area (Å²) in [6, 6.07) is 0. The SMILES string of the molecule is C=CCn1c(SC(C)c2nc(N)nc(N(C)C)n2)nc2sc3c(c2c1=O)CCC(C)C3. The molecule has 0 saturated carbocycles. The number of thioether (sulfide) groups is 1. The van der Waals surface area contributed by atoms with Gasteiger partial charge >= 0.3 is 0 Å². The van der Waals surface area contributed by atoms with Gasteiger partial charge in [0.05, 0.1) is 10.6 Å². The van der Waals surface area contributed by atoms with Gasteiger partial charge in [0.15, 0.2) is 5.16 Å². The van der Waals surface area contributed by atoms with Crippen molar-refractivity contribution in [2.45, 2.75) is 50.1 Å². The predicted molar refractivity (Wildman–Crippen MR) is 128 cm³/mol. The molecule has 0 fully saturated rings. The first-order chi connectivity index (χ1) is 14.8. The van der Waals surface area contributed by atoms with Crippen molar-refractivity contribution in [2.75, 3.05) is 24.7 Å². The van der Waals surface area contributed by atoms with Gasteiger partial charge in [0.2, 0.25) is 11.9 Å². The van der Waals surface area contributed by atoms with Gasteiger partial charge in [-0.1, -0.05) is 24.8 Å². The van der Waals surface area contributed by atoms with E-state index >= 15 is 0 Å². The van der Waals surface area contributed by atoms with Crippen LogP contribution in [0.3, 0.4) is 0 Å². The zero-order valence-corrected chi connectivity index (χ0v) is 19.9. The van der Waals surface area contributed by atoms with Crippen molar-refractivity contribution in [2.24, 2.45) is 5.92 Å². The minimum absolute atomic E-state index is 0.00999. The van der Waals surface area contributed by atoms with E-state index in [9.17, 15) is 4.79 Å². The van der Waals surface area contributed by atoms with Gasteiger partial charge in [-0.25, -0.2) is 4.98 Å². The van der Waals surface area contributed by atoms with Crippen molar-refractivity contribution in [3.8, 4) is 0 Å². The van der Waals surface area contributed by atoms with Gasteiger partial charge in [-0.2, -0.15) is 15.0 Å². The molecule has 3 aromatic heterocycles. The van der Waals surface area contributed by atoms with Crippen LogP contribution in [0.2, 0.25) is 0 Å². The monoisotopic (exact) mass is 457 g/mol. The van der Waals surface area contributed by atoms with Gasteiger partial charge in [-0.15, -0.1) is 17.9 Å². The standard InChI is InChI=1S/C21H27N7OS2/c1-6-9-28-18(29)15-13-8-7-11(2)10-14(13)31-17(15)25-21(28)30-12(3)16-23-19(22)26-20(24-16)27(4)5/h6,11-12H,1,7-10H2,2-5H3,(H2,22,23,24,26). The Morgan fingerprint density at radius 2 is 2.13 bits per heavy atom. The first kappa shape index (κ1) is 21.8. The second kappa shape index (κ2) is 8.58. The summed E-state index contributed by atoms with van der Waals surface area (Å²) in [5.41, 5.74) is 7.09. The molecule has 0 spiro atoms. The van der Waals surface area contributed by atoms with E-state index in [2.05, 4.69) is 28.5 Å². The number of hydrogen-bond acceptors (Lipinski definition) is 9. The Labute approximate surface area is 189 Å². The number of aromatic nitrogens is 5. The van der Waals surface area contributed by atoms with Crippen LogP contribution in [0.4, 0.5) is 11.9 Å². The lowest BCUT2D eigenvalue weighted by molar-refractivity contribution is 0.509. The maximum Gasteiger partial charge on any atom is 0.263 e. The molecule has 0 aromatic carbocycles. The molecule has 10 heteroatoms. The van der Waals surface area contributed by atoms with Crippen LogP contribution >= 0.6 is 23.1 Å². The van der Waals surface area contributed by atoms with Crippen molar-refractivity contribution in [1.82, 2.24) is 24.5 Å². The van der Waals surface area contributed by atoms with E-state index < -0.39 is 0 Å². The number of hydrogen-bond donors (Lipinski definition) is 1. The Balaban J connectivity index is 1.77. The molecule has 3 aromatic rings. The van der Waals surface area contributed by atoms with Crippen molar-refractivity contribution < 1.29 is 0 Å². The van der Waals surface area contributed by atoms with E-state index in [1.807, 2.05) is 21.0 Å². The minimum atomic E-state index is -0.168. The molecule has 4 rings (SSSR count). The number of nitrogens with two attached hydrogens (primary N) is 1. The highest BCUT2D eigenvalue weighted by Crippen LogP contribution is 2.38. The van der Waals surface area contributed by atoms with Crippen LogP contribution in [-0.4, -0.2) is 38.6 Å². The summed E-state index contributed by atoms with van der Waals surface area (Å²) >= 11 is 3.11. The number of anilines is 2. The minimum Gasteiger partial charge on any atom is -0.368 e. The molecule has 0 bridgehead atoms. The zero-order chi connectivity index (χ0) is 22.3. The van der Waals surface area contributed by atoms with Crippen LogP contribution < -0.4 is 16.2 Å². The lowest BCUT2D eigenvalue weighted by Crippen LogP contribution is -2.24. The third-order valence-corrected chi connectivity index (χ3v) is 7.63. The predicted octanol–water partition coefficient (Wildman–Crippen LogP) is 3.46. The normalized spacial score (nSPS) is 16.8. The number of thiophene rings is 1. The van der Waals surface area contributed by atoms with Gasteiger partial charge in [0.25, 0.3) is 5.56 Å². The number of rotatable bonds is 6. The van der Waals surface area contributed by atoms with Crippen molar-refractivity contribution in [1.29, 1.82) is 0 Å². The van der Waals surface area contributed by atoms with Crippen LogP contribution in [-0.2, 0) is 19.4 Å². The lowest BCUT2D eigenvalue weighted by Gasteiger charge is -2.18. The molecule has 2 atom stereocenters. The smallest absolute Gasteiger partial charge is 0.263 e. The Morgan fingerprint density at radius 3 is 2.84 bits per heavy atom. The first-order valence-corrected chi connectivity index (χ1v) is 12.0. The van der Waals surface area contributed by atoms with Crippen LogP contribution in [0, 0.1) is 5.92 Å². The average molecular weight is 458 g/mol. The first-order valence-electron chi connectivity index (χ1n) is 10.3. The van der Waals surface area contributed by atoms with Crippen LogP contribution in [0.5, 0.6) is 0 Å². The second-order valence-electron chi connectivity index (χ2n) is 8.14. The quantitative estimate of drug-likeness (QED) is 0.341. The number of nitrogen functional groups attached to an aromatic ring is 1. The Hall–Kier alpha value is -2.46. The molecule has 1 aliphatic rings. The second-order valence-corrected chi connectivity index (χ2v) is 10.5. The molecule has 3 heterocycles. The zero-order valence-electron chi connectivity index (χ0n) is 18.3. The highest BCUT2D eigenvalue weighted by atomic mass is 32.2. The topological polar surface area (TPSA) is 103 Å². The van der Waals surface area contributed by atoms with E-state index in [1.165, 1.54) is 22.2 Å². The van der Waals surface area contributed by atoms with E-state index in [4.69, 9.17) is 10.7 Å². The van der Waals surface area contributed by atoms with Crippen LogP contribution in [0.1, 0.15) is 41.8 Å². The number of nitrogens with zero attached hydrogens (tertiary/aromatic N) is 6. The van der Waals surface area contributed by atoms with Gasteiger partial charge in [-0.05, 0) is 37.7 Å². The molecule has 0 saturated heterocycles. The van der Waals surface area contributed by atoms with Crippen molar-refractivity contribution in [3.63, 3.8) is 0 Å². The summed E-state index contributed by atoms with van der Waals surface area (Å²) in [5, 5.41) is 1.26. The fourth-order valence-electron chi connectivity index (χ4n) is 3.77. The van der Waals surface area contributed by atoms with E-state index in [-0.39, 0.29) is 16.8 Å². The summed E-state index contributed by atoms with van der Waals surface area (Å²) in [6.07, 6.45) is 4.81. The molecule has 2 N–H and O–H groups in total. The molecular weight excluding hydrogens is 430 g/mol. The van der Waals surface area contributed by atoms with E-state index in [1.54, 1.807) is 26.9 Å². The molecule has 31 heavy (non-hydrogen) atoms. The fraction of sp³-hybridized carbons (Fsp3) is 0.476. The Kier molecular flexibility index (Phi) is 6.02. The van der Waals surface area contributed by atoms with Gasteiger partial charge < -0.3 is 10.6 Å². The summed E-state index contributed by atoms with van der Waals surface area (Å²) in [7, 11) is 3.71. The third kappa shape index (κ3) is 4.18. The van der Waals surface area contributed by atoms with Crippen LogP contribution in [0.15, 0.2) is 22.6 Å². The highest BCUT2D eigenvalue weighted by Gasteiger charge is 2.25. The highest BCUT2D eigenvalue weighted by molar-refractivity contribution is 7.99. The number of fused-ring (bicyclic) bond motifs is 3. The lowest BCUT2D eigenvalue weighted by atomic mass is 9.89. The molecule has 2 unspecified atom stereocenters. The molecule has 0 radical (unpaired) electrons. The van der Waals surface area contributed by atoms with E-state index in [0.29, 0.717) is 29.4 Å². The molecule has 164 valence electrons. The van der Waals surface area contributed by atoms with Gasteiger partial charge in [-0.3, -0.25) is 9.36 Å². The molecule has 0 amide bonds. The fourth-order valence-corrected chi connectivity index (χ4v) is 6.16. The summed E-state index contributed by atoms with van der Waals surface area (Å²) in [6.45, 7) is 8.48. The molecule has 8 nitrogen and oxygen atoms in total. The molecular formula is C21H27N7OS2. The molecule has 0 aliphatic heterocycles. The van der Waals surface area contributed by atoms with Gasteiger partial charge in [0, 0.05) is 25.5 Å². The number of aryl methyl sites for hydroxylation is 1. The summed E-state index contributed by atoms with van der Waals surface area (Å²) < 4.78 is 1.71. The maximum absolute atomic E-state index is 13.5. The Morgan fingerprint density at radius 1 is 1.35 bits per heavy atom. The maximum atomic E-state index is 13.5. The summed E-state index contributed by atoms with van der Waals surface area (Å²) in [5.74, 6) is 1.88. The van der Waals surface area contributed by atoms with Crippen molar-refractivity contribution in [3.05, 3.63) is 39.3 Å².